The van der Waals surface area contributed by atoms with E-state index >= 15 is 0 Å². The van der Waals surface area contributed by atoms with E-state index in [9.17, 15) is 0 Å². The second-order valence-electron chi connectivity index (χ2n) is 5.33. The average molecular weight is 381 g/mol. The van der Waals surface area contributed by atoms with Crippen LogP contribution in [-0.2, 0) is 0 Å². The van der Waals surface area contributed by atoms with Crippen molar-refractivity contribution in [3.8, 4) is 11.3 Å². The summed E-state index contributed by atoms with van der Waals surface area (Å²) >= 11 is -0.130. The molecule has 1 aromatic heterocycles. The SMILES string of the molecule is c1ccc2cc3c(cc2c1)[I-][n+]1ccc2ccccc2c1-3. The minimum absolute atomic E-state index is 0.130. The third kappa shape index (κ3) is 1.65. The minimum atomic E-state index is -0.130. The molecule has 1 nitrogen and oxygen atoms in total. The third-order valence-corrected chi connectivity index (χ3v) is 6.82. The molecule has 0 aliphatic carbocycles. The van der Waals surface area contributed by atoms with E-state index in [-0.39, 0.29) is 21.5 Å². The first-order valence-corrected chi connectivity index (χ1v) is 9.06. The van der Waals surface area contributed by atoms with Crippen LogP contribution in [0.5, 0.6) is 0 Å². The van der Waals surface area contributed by atoms with Crippen molar-refractivity contribution in [1.82, 2.24) is 0 Å². The first kappa shape index (κ1) is 11.7. The third-order valence-electron chi connectivity index (χ3n) is 4.09. The molecule has 0 unspecified atom stereocenters. The maximum absolute atomic E-state index is 2.48. The van der Waals surface area contributed by atoms with Crippen molar-refractivity contribution in [3.63, 3.8) is 0 Å². The summed E-state index contributed by atoms with van der Waals surface area (Å²) in [5, 5.41) is 5.39. The van der Waals surface area contributed by atoms with E-state index in [1.807, 2.05) is 0 Å². The molecular weight excluding hydrogens is 369 g/mol. The van der Waals surface area contributed by atoms with Crippen molar-refractivity contribution < 1.29 is 24.3 Å². The van der Waals surface area contributed by atoms with Crippen LogP contribution in [0.4, 0.5) is 0 Å². The van der Waals surface area contributed by atoms with E-state index in [0.717, 1.165) is 0 Å². The van der Waals surface area contributed by atoms with Crippen molar-refractivity contribution in [2.75, 3.05) is 0 Å². The molecule has 21 heavy (non-hydrogen) atoms. The Kier molecular flexibility index (Phi) is 2.38. The molecule has 0 atom stereocenters. The second-order valence-corrected chi connectivity index (χ2v) is 8.01. The standard InChI is InChI=1S/C19H12IN/c1-2-7-15-12-18-17(11-14(15)6-1)19-16-8-4-3-5-13(16)9-10-21(19)20-18/h1-12H. The van der Waals surface area contributed by atoms with Gasteiger partial charge >= 0.3 is 134 Å². The van der Waals surface area contributed by atoms with Crippen LogP contribution in [0, 0.1) is 3.57 Å². The second kappa shape index (κ2) is 4.28. The van der Waals surface area contributed by atoms with Crippen molar-refractivity contribution in [3.05, 3.63) is 76.5 Å². The summed E-state index contributed by atoms with van der Waals surface area (Å²) in [6, 6.07) is 24.4. The Morgan fingerprint density at radius 2 is 1.43 bits per heavy atom. The molecule has 5 rings (SSSR count). The number of hydrogen-bond acceptors (Lipinski definition) is 0. The Bertz CT molecular complexity index is 1020. The van der Waals surface area contributed by atoms with Gasteiger partial charge in [0.05, 0.1) is 0 Å². The fourth-order valence-electron chi connectivity index (χ4n) is 3.09. The van der Waals surface area contributed by atoms with E-state index in [2.05, 4.69) is 75.7 Å². The average Bonchev–Trinajstić information content (AvgIpc) is 2.90. The van der Waals surface area contributed by atoms with Gasteiger partial charge in [-0.2, -0.15) is 0 Å². The number of nitrogens with zero attached hydrogens (tertiary/aromatic N) is 1. The van der Waals surface area contributed by atoms with Gasteiger partial charge in [-0.3, -0.25) is 0 Å². The summed E-state index contributed by atoms with van der Waals surface area (Å²) in [5.41, 5.74) is 2.83. The molecule has 3 aromatic carbocycles. The number of benzene rings is 3. The summed E-state index contributed by atoms with van der Waals surface area (Å²) in [6.07, 6.45) is 2.26. The number of aromatic nitrogens is 1. The van der Waals surface area contributed by atoms with Crippen LogP contribution < -0.4 is 24.3 Å². The molecule has 0 N–H and O–H groups in total. The zero-order valence-corrected chi connectivity index (χ0v) is 13.4. The Morgan fingerprint density at radius 1 is 0.714 bits per heavy atom. The van der Waals surface area contributed by atoms with Gasteiger partial charge < -0.3 is 0 Å². The van der Waals surface area contributed by atoms with Gasteiger partial charge in [-0.25, -0.2) is 0 Å². The van der Waals surface area contributed by atoms with Gasteiger partial charge in [0, 0.05) is 0 Å². The van der Waals surface area contributed by atoms with E-state index < -0.39 is 0 Å². The molecule has 1 aliphatic rings. The van der Waals surface area contributed by atoms with Gasteiger partial charge in [-0.05, 0) is 0 Å². The molecule has 4 aromatic rings. The summed E-state index contributed by atoms with van der Waals surface area (Å²) in [7, 11) is 0. The molecule has 100 valence electrons. The van der Waals surface area contributed by atoms with E-state index in [4.69, 9.17) is 0 Å². The van der Waals surface area contributed by atoms with Gasteiger partial charge in [0.15, 0.2) is 0 Å². The zero-order valence-electron chi connectivity index (χ0n) is 11.3. The normalized spacial score (nSPS) is 13.0. The summed E-state index contributed by atoms with van der Waals surface area (Å²) in [4.78, 5) is 0. The predicted molar refractivity (Wildman–Crippen MR) is 81.2 cm³/mol. The van der Waals surface area contributed by atoms with Crippen LogP contribution in [0.15, 0.2) is 72.9 Å². The molecule has 1 aliphatic heterocycles. The zero-order chi connectivity index (χ0) is 13.8. The molecule has 0 fully saturated rings. The van der Waals surface area contributed by atoms with E-state index in [1.54, 1.807) is 0 Å². The van der Waals surface area contributed by atoms with E-state index in [1.165, 1.54) is 36.4 Å². The van der Waals surface area contributed by atoms with Gasteiger partial charge in [-0.1, -0.05) is 0 Å². The molecule has 0 radical (unpaired) electrons. The van der Waals surface area contributed by atoms with Gasteiger partial charge in [0.2, 0.25) is 0 Å². The number of fused-ring (bicyclic) bond motifs is 6. The van der Waals surface area contributed by atoms with Crippen LogP contribution in [-0.4, -0.2) is 0 Å². The molecule has 2 heterocycles. The first-order chi connectivity index (χ1) is 10.4. The van der Waals surface area contributed by atoms with Gasteiger partial charge in [0.25, 0.3) is 0 Å². The van der Waals surface area contributed by atoms with Crippen LogP contribution in [0.25, 0.3) is 32.8 Å². The Morgan fingerprint density at radius 3 is 2.29 bits per heavy atom. The molecular formula is C19H12IN. The van der Waals surface area contributed by atoms with Gasteiger partial charge in [-0.15, -0.1) is 0 Å². The molecule has 2 heteroatoms. The summed E-state index contributed by atoms with van der Waals surface area (Å²) < 4.78 is 4.01. The Balaban J connectivity index is 1.92. The summed E-state index contributed by atoms with van der Waals surface area (Å²) in [5.74, 6) is 0. The molecule has 0 spiro atoms. The van der Waals surface area contributed by atoms with Crippen LogP contribution in [0.3, 0.4) is 0 Å². The number of hydrogen-bond donors (Lipinski definition) is 0. The topological polar surface area (TPSA) is 3.88 Å². The van der Waals surface area contributed by atoms with Crippen molar-refractivity contribution >= 4 is 21.5 Å². The van der Waals surface area contributed by atoms with E-state index in [0.29, 0.717) is 0 Å². The molecule has 0 bridgehead atoms. The molecule has 0 amide bonds. The number of halogens is 1. The molecule has 0 saturated carbocycles. The predicted octanol–water partition coefficient (Wildman–Crippen LogP) is 0.983. The maximum atomic E-state index is 2.48. The van der Waals surface area contributed by atoms with Crippen molar-refractivity contribution in [1.29, 1.82) is 0 Å². The Labute approximate surface area is 133 Å². The molecule has 0 saturated heterocycles. The Hall–Kier alpha value is -1.94. The van der Waals surface area contributed by atoms with Crippen molar-refractivity contribution in [2.45, 2.75) is 0 Å². The monoisotopic (exact) mass is 381 g/mol. The van der Waals surface area contributed by atoms with Crippen LogP contribution >= 0.6 is 0 Å². The fraction of sp³-hybridized carbons (Fsp3) is 0. The van der Waals surface area contributed by atoms with Crippen LogP contribution in [0.1, 0.15) is 0 Å². The first-order valence-electron chi connectivity index (χ1n) is 7.02. The quantitative estimate of drug-likeness (QED) is 0.352. The number of rotatable bonds is 0. The van der Waals surface area contributed by atoms with Crippen molar-refractivity contribution in [2.24, 2.45) is 0 Å². The van der Waals surface area contributed by atoms with Gasteiger partial charge in [0.1, 0.15) is 0 Å². The fourth-order valence-corrected chi connectivity index (χ4v) is 5.87. The number of pyridine rings is 1. The summed E-state index contributed by atoms with van der Waals surface area (Å²) in [6.45, 7) is 0. The van der Waals surface area contributed by atoms with Crippen LogP contribution in [0.2, 0.25) is 0 Å².